The van der Waals surface area contributed by atoms with Gasteiger partial charge in [0, 0.05) is 10.0 Å². The van der Waals surface area contributed by atoms with Gasteiger partial charge in [0.25, 0.3) is 0 Å². The monoisotopic (exact) mass is 350 g/mol. The molecule has 1 heterocycles. The highest BCUT2D eigenvalue weighted by Crippen LogP contribution is 2.39. The molecule has 0 radical (unpaired) electrons. The lowest BCUT2D eigenvalue weighted by Crippen LogP contribution is -1.92. The van der Waals surface area contributed by atoms with Gasteiger partial charge in [0.15, 0.2) is 11.6 Å². The lowest BCUT2D eigenvalue weighted by Gasteiger charge is -2.05. The largest absolute Gasteiger partial charge is 0.380 e. The molecule has 2 aromatic carbocycles. The van der Waals surface area contributed by atoms with Crippen LogP contribution in [0.5, 0.6) is 0 Å². The summed E-state index contributed by atoms with van der Waals surface area (Å²) in [7, 11) is 0. The van der Waals surface area contributed by atoms with Gasteiger partial charge in [-0.05, 0) is 24.3 Å². The van der Waals surface area contributed by atoms with Gasteiger partial charge in [-0.1, -0.05) is 39.3 Å². The van der Waals surface area contributed by atoms with Gasteiger partial charge >= 0.3 is 0 Å². The van der Waals surface area contributed by atoms with Crippen molar-refractivity contribution < 1.29 is 13.3 Å². The van der Waals surface area contributed by atoms with Crippen molar-refractivity contribution in [1.82, 2.24) is 5.16 Å². The van der Waals surface area contributed by atoms with Gasteiger partial charge in [-0.3, -0.25) is 0 Å². The van der Waals surface area contributed by atoms with Crippen molar-refractivity contribution in [3.05, 3.63) is 58.6 Å². The van der Waals surface area contributed by atoms with E-state index in [4.69, 9.17) is 10.3 Å². The number of nitrogens with two attached hydrogens (primary N) is 1. The number of anilines is 1. The molecular weight excluding hydrogens is 342 g/mol. The van der Waals surface area contributed by atoms with Crippen LogP contribution < -0.4 is 5.73 Å². The number of hydrogen-bond acceptors (Lipinski definition) is 3. The molecule has 1 aromatic heterocycles. The van der Waals surface area contributed by atoms with E-state index in [1.54, 1.807) is 18.2 Å². The third kappa shape index (κ3) is 2.42. The second-order valence-corrected chi connectivity index (χ2v) is 5.29. The number of nitrogen functional groups attached to an aromatic ring is 1. The van der Waals surface area contributed by atoms with Gasteiger partial charge in [-0.2, -0.15) is 0 Å². The zero-order valence-corrected chi connectivity index (χ0v) is 12.2. The summed E-state index contributed by atoms with van der Waals surface area (Å²) in [5.74, 6) is -0.887. The lowest BCUT2D eigenvalue weighted by atomic mass is 10.0. The predicted octanol–water partition coefficient (Wildman–Crippen LogP) is 4.63. The molecule has 0 aliphatic rings. The Labute approximate surface area is 127 Å². The summed E-state index contributed by atoms with van der Waals surface area (Å²) in [6.45, 7) is 0. The van der Waals surface area contributed by atoms with E-state index < -0.39 is 11.6 Å². The minimum atomic E-state index is -0.507. The van der Waals surface area contributed by atoms with E-state index in [2.05, 4.69) is 21.1 Å². The van der Waals surface area contributed by atoms with Crippen LogP contribution >= 0.6 is 15.9 Å². The fourth-order valence-corrected chi connectivity index (χ4v) is 2.44. The molecule has 0 saturated heterocycles. The topological polar surface area (TPSA) is 52.0 Å². The summed E-state index contributed by atoms with van der Waals surface area (Å²) >= 11 is 3.26. The van der Waals surface area contributed by atoms with Crippen molar-refractivity contribution in [2.24, 2.45) is 0 Å². The number of rotatable bonds is 2. The Morgan fingerprint density at radius 3 is 2.48 bits per heavy atom. The van der Waals surface area contributed by atoms with Crippen LogP contribution in [-0.2, 0) is 0 Å². The normalized spacial score (nSPS) is 10.8. The maximum atomic E-state index is 14.0. The number of aromatic nitrogens is 1. The highest BCUT2D eigenvalue weighted by molar-refractivity contribution is 9.10. The van der Waals surface area contributed by atoms with Crippen LogP contribution in [0.1, 0.15) is 0 Å². The summed E-state index contributed by atoms with van der Waals surface area (Å²) in [6.07, 6.45) is 0. The van der Waals surface area contributed by atoms with Crippen LogP contribution in [0.4, 0.5) is 14.6 Å². The smallest absolute Gasteiger partial charge is 0.180 e. The standard InChI is InChI=1S/C15H9BrF2N2O/c16-8-5-6-12(18)10(7-8)14-13(15(19)20-21-14)9-3-1-2-4-11(9)17/h1-7H,(H2,19,20). The molecule has 0 bridgehead atoms. The second-order valence-electron chi connectivity index (χ2n) is 4.38. The molecule has 2 N–H and O–H groups in total. The molecule has 0 unspecified atom stereocenters. The van der Waals surface area contributed by atoms with E-state index in [1.165, 1.54) is 24.3 Å². The fourth-order valence-electron chi connectivity index (χ4n) is 2.08. The van der Waals surface area contributed by atoms with Crippen LogP contribution in [0.15, 0.2) is 51.5 Å². The quantitative estimate of drug-likeness (QED) is 0.732. The van der Waals surface area contributed by atoms with Crippen LogP contribution in [-0.4, -0.2) is 5.16 Å². The van der Waals surface area contributed by atoms with Crippen molar-refractivity contribution in [3.63, 3.8) is 0 Å². The Balaban J connectivity index is 2.27. The first-order chi connectivity index (χ1) is 10.1. The van der Waals surface area contributed by atoms with Gasteiger partial charge in [-0.25, -0.2) is 8.78 Å². The van der Waals surface area contributed by atoms with E-state index in [-0.39, 0.29) is 28.3 Å². The molecule has 3 rings (SSSR count). The Morgan fingerprint density at radius 2 is 1.71 bits per heavy atom. The van der Waals surface area contributed by atoms with Crippen molar-refractivity contribution >= 4 is 21.7 Å². The molecule has 0 aliphatic carbocycles. The van der Waals surface area contributed by atoms with Gasteiger partial charge in [0.2, 0.25) is 0 Å². The van der Waals surface area contributed by atoms with Crippen molar-refractivity contribution in [2.75, 3.05) is 5.73 Å². The maximum Gasteiger partial charge on any atom is 0.180 e. The first kappa shape index (κ1) is 13.8. The van der Waals surface area contributed by atoms with E-state index in [0.29, 0.717) is 4.47 Å². The molecule has 3 aromatic rings. The molecule has 0 spiro atoms. The number of hydrogen-bond donors (Lipinski definition) is 1. The number of halogens is 3. The van der Waals surface area contributed by atoms with Gasteiger partial charge in [-0.15, -0.1) is 0 Å². The lowest BCUT2D eigenvalue weighted by molar-refractivity contribution is 0.433. The van der Waals surface area contributed by atoms with E-state index >= 15 is 0 Å². The first-order valence-electron chi connectivity index (χ1n) is 6.03. The van der Waals surface area contributed by atoms with Crippen molar-refractivity contribution in [3.8, 4) is 22.5 Å². The maximum absolute atomic E-state index is 14.0. The van der Waals surface area contributed by atoms with Crippen LogP contribution in [0, 0.1) is 11.6 Å². The molecule has 0 aliphatic heterocycles. The van der Waals surface area contributed by atoms with Gasteiger partial charge in [0.05, 0.1) is 11.1 Å². The molecule has 0 atom stereocenters. The van der Waals surface area contributed by atoms with Crippen molar-refractivity contribution in [1.29, 1.82) is 0 Å². The van der Waals surface area contributed by atoms with Crippen LogP contribution in [0.3, 0.4) is 0 Å². The molecule has 21 heavy (non-hydrogen) atoms. The SMILES string of the molecule is Nc1noc(-c2cc(Br)ccc2F)c1-c1ccccc1F. The van der Waals surface area contributed by atoms with Crippen molar-refractivity contribution in [2.45, 2.75) is 0 Å². The van der Waals surface area contributed by atoms with Gasteiger partial charge < -0.3 is 10.3 Å². The number of nitrogens with zero attached hydrogens (tertiary/aromatic N) is 1. The summed E-state index contributed by atoms with van der Waals surface area (Å²) in [5.41, 5.74) is 6.38. The summed E-state index contributed by atoms with van der Waals surface area (Å²) < 4.78 is 33.8. The Hall–Kier alpha value is -2.21. The first-order valence-corrected chi connectivity index (χ1v) is 6.82. The highest BCUT2D eigenvalue weighted by atomic mass is 79.9. The second kappa shape index (κ2) is 5.29. The highest BCUT2D eigenvalue weighted by Gasteiger charge is 2.22. The van der Waals surface area contributed by atoms with E-state index in [9.17, 15) is 8.78 Å². The Bertz CT molecular complexity index is 817. The minimum absolute atomic E-state index is 0.00877. The summed E-state index contributed by atoms with van der Waals surface area (Å²) in [6, 6.07) is 10.4. The van der Waals surface area contributed by atoms with Crippen LogP contribution in [0.25, 0.3) is 22.5 Å². The fraction of sp³-hybridized carbons (Fsp3) is 0. The third-order valence-electron chi connectivity index (χ3n) is 3.03. The van der Waals surface area contributed by atoms with Gasteiger partial charge in [0.1, 0.15) is 11.6 Å². The number of benzene rings is 2. The zero-order chi connectivity index (χ0) is 15.0. The van der Waals surface area contributed by atoms with E-state index in [1.807, 2.05) is 0 Å². The summed E-state index contributed by atoms with van der Waals surface area (Å²) in [5, 5.41) is 3.64. The zero-order valence-electron chi connectivity index (χ0n) is 10.6. The average molecular weight is 351 g/mol. The molecule has 0 saturated carbocycles. The molecule has 0 fully saturated rings. The molecule has 0 amide bonds. The molecule has 6 heteroatoms. The van der Waals surface area contributed by atoms with Crippen LogP contribution in [0.2, 0.25) is 0 Å². The Morgan fingerprint density at radius 1 is 1.00 bits per heavy atom. The van der Waals surface area contributed by atoms with E-state index in [0.717, 1.165) is 0 Å². The average Bonchev–Trinajstić information content (AvgIpc) is 2.84. The third-order valence-corrected chi connectivity index (χ3v) is 3.53. The molecule has 3 nitrogen and oxygen atoms in total. The molecule has 106 valence electrons. The summed E-state index contributed by atoms with van der Waals surface area (Å²) in [4.78, 5) is 0. The minimum Gasteiger partial charge on any atom is -0.380 e. The molecular formula is C15H9BrF2N2O. The Kier molecular flexibility index (Phi) is 3.47. The predicted molar refractivity (Wildman–Crippen MR) is 79.4 cm³/mol.